The molecular weight excluding hydrogens is 499 g/mol. The molecule has 0 saturated carbocycles. The van der Waals surface area contributed by atoms with Gasteiger partial charge in [0.05, 0.1) is 19.2 Å². The number of carbonyl (C=O) groups is 2. The van der Waals surface area contributed by atoms with E-state index in [1.807, 2.05) is 49.4 Å². The molecule has 1 aromatic heterocycles. The summed E-state index contributed by atoms with van der Waals surface area (Å²) in [5.41, 5.74) is 2.50. The van der Waals surface area contributed by atoms with Crippen LogP contribution in [-0.4, -0.2) is 70.7 Å². The molecule has 4 rings (SSSR count). The summed E-state index contributed by atoms with van der Waals surface area (Å²) in [7, 11) is 1.64. The number of aliphatic hydroxyl groups is 1. The number of nitrogens with one attached hydrogen (secondary N) is 1. The Morgan fingerprint density at radius 1 is 1.21 bits per heavy atom. The zero-order valence-corrected chi connectivity index (χ0v) is 22.3. The topological polar surface area (TPSA) is 95.0 Å². The van der Waals surface area contributed by atoms with Crippen molar-refractivity contribution in [2.45, 2.75) is 26.0 Å². The lowest BCUT2D eigenvalue weighted by molar-refractivity contribution is 0.0356. The molecule has 3 amide bonds. The fourth-order valence-corrected chi connectivity index (χ4v) is 4.29. The maximum Gasteiger partial charge on any atom is 0.321 e. The molecule has 3 aromatic rings. The first kappa shape index (κ1) is 27.8. The summed E-state index contributed by atoms with van der Waals surface area (Å²) >= 11 is 0. The van der Waals surface area contributed by atoms with Gasteiger partial charge in [-0.1, -0.05) is 49.4 Å². The Kier molecular flexibility index (Phi) is 8.93. The van der Waals surface area contributed by atoms with Crippen LogP contribution in [0.5, 0.6) is 5.88 Å². The van der Waals surface area contributed by atoms with E-state index in [4.69, 9.17) is 4.74 Å². The Balaban J connectivity index is 1.58. The van der Waals surface area contributed by atoms with Crippen molar-refractivity contribution in [2.75, 3.05) is 32.1 Å². The first-order chi connectivity index (χ1) is 18.7. The van der Waals surface area contributed by atoms with Gasteiger partial charge in [-0.15, -0.1) is 0 Å². The van der Waals surface area contributed by atoms with Crippen LogP contribution in [0.15, 0.2) is 66.9 Å². The molecule has 0 bridgehead atoms. The van der Waals surface area contributed by atoms with Gasteiger partial charge in [-0.3, -0.25) is 4.79 Å². The maximum atomic E-state index is 13.6. The number of aliphatic hydroxyl groups excluding tert-OH is 1. The van der Waals surface area contributed by atoms with Gasteiger partial charge in [-0.2, -0.15) is 0 Å². The quantitative estimate of drug-likeness (QED) is 0.457. The number of pyridine rings is 1. The molecule has 1 aliphatic rings. The monoisotopic (exact) mass is 532 g/mol. The van der Waals surface area contributed by atoms with Crippen molar-refractivity contribution in [2.24, 2.45) is 5.92 Å². The van der Waals surface area contributed by atoms with Gasteiger partial charge in [0.1, 0.15) is 17.5 Å². The number of amides is 3. The van der Waals surface area contributed by atoms with E-state index in [-0.39, 0.29) is 42.7 Å². The minimum Gasteiger partial charge on any atom is -0.472 e. The van der Waals surface area contributed by atoms with Crippen molar-refractivity contribution >= 4 is 29.8 Å². The fourth-order valence-electron chi connectivity index (χ4n) is 4.29. The molecule has 0 aliphatic carbocycles. The lowest BCUT2D eigenvalue weighted by atomic mass is 10.00. The Hall–Kier alpha value is -4.24. The highest BCUT2D eigenvalue weighted by atomic mass is 19.1. The minimum atomic E-state index is -0.493. The number of hydrogen-bond donors (Lipinski definition) is 2. The second-order valence-electron chi connectivity index (χ2n) is 9.81. The zero-order chi connectivity index (χ0) is 27.9. The number of rotatable bonds is 7. The van der Waals surface area contributed by atoms with Crippen LogP contribution in [0.1, 0.15) is 35.3 Å². The molecule has 8 nitrogen and oxygen atoms in total. The Labute approximate surface area is 227 Å². The Bertz CT molecular complexity index is 1320. The number of urea groups is 1. The first-order valence-electron chi connectivity index (χ1n) is 12.8. The Morgan fingerprint density at radius 2 is 1.90 bits per heavy atom. The van der Waals surface area contributed by atoms with E-state index >= 15 is 0 Å². The molecule has 204 valence electrons. The van der Waals surface area contributed by atoms with Crippen LogP contribution in [0.2, 0.25) is 0 Å². The van der Waals surface area contributed by atoms with E-state index in [1.54, 1.807) is 31.1 Å². The minimum absolute atomic E-state index is 0.177. The maximum absolute atomic E-state index is 13.6. The molecule has 0 radical (unpaired) electrons. The predicted octanol–water partition coefficient (Wildman–Crippen LogP) is 4.78. The van der Waals surface area contributed by atoms with Crippen LogP contribution in [0.3, 0.4) is 0 Å². The van der Waals surface area contributed by atoms with Crippen molar-refractivity contribution in [3.05, 3.63) is 89.4 Å². The largest absolute Gasteiger partial charge is 0.472 e. The predicted molar refractivity (Wildman–Crippen MR) is 149 cm³/mol. The van der Waals surface area contributed by atoms with Crippen LogP contribution < -0.4 is 10.1 Å². The standard InChI is InChI=1S/C30H33FN4O4/c1-20-17-35(21(2)19-36)29(37)26-15-23(10-9-22-7-5-4-6-8-22)16-32-28(26)39-27(20)18-34(3)30(38)33-25-13-11-24(31)12-14-25/h4-16,20-21,27,36H,17-19H2,1-3H3,(H,33,38)/b10-9+/t20-,21+,27-/m0/s1. The number of hydrogen-bond acceptors (Lipinski definition) is 5. The second kappa shape index (κ2) is 12.5. The number of nitrogens with zero attached hydrogens (tertiary/aromatic N) is 3. The highest BCUT2D eigenvalue weighted by molar-refractivity contribution is 5.97. The summed E-state index contributed by atoms with van der Waals surface area (Å²) in [4.78, 5) is 34.0. The SMILES string of the molecule is C[C@H](CO)N1C[C@H](C)[C@H](CN(C)C(=O)Nc2ccc(F)cc2)Oc2ncc(/C=C/c3ccccc3)cc2C1=O. The van der Waals surface area contributed by atoms with Crippen molar-refractivity contribution in [3.8, 4) is 5.88 Å². The molecule has 1 aliphatic heterocycles. The first-order valence-corrected chi connectivity index (χ1v) is 12.8. The van der Waals surface area contributed by atoms with Gasteiger partial charge >= 0.3 is 6.03 Å². The molecule has 2 N–H and O–H groups in total. The number of carbonyl (C=O) groups excluding carboxylic acids is 2. The third-order valence-electron chi connectivity index (χ3n) is 6.71. The fraction of sp³-hybridized carbons (Fsp3) is 0.300. The summed E-state index contributed by atoms with van der Waals surface area (Å²) in [6.07, 6.45) is 4.96. The van der Waals surface area contributed by atoms with Crippen LogP contribution >= 0.6 is 0 Å². The van der Waals surface area contributed by atoms with Crippen molar-refractivity contribution < 1.29 is 23.8 Å². The number of likely N-dealkylation sites (N-methyl/N-ethyl adjacent to an activating group) is 1. The molecular formula is C30H33FN4O4. The lowest BCUT2D eigenvalue weighted by Gasteiger charge is -2.37. The number of halogens is 1. The van der Waals surface area contributed by atoms with E-state index in [0.717, 1.165) is 11.1 Å². The number of anilines is 1. The Morgan fingerprint density at radius 3 is 2.59 bits per heavy atom. The second-order valence-corrected chi connectivity index (χ2v) is 9.81. The van der Waals surface area contributed by atoms with Gasteiger partial charge in [0.25, 0.3) is 5.91 Å². The molecule has 0 saturated heterocycles. The molecule has 0 spiro atoms. The number of benzene rings is 2. The average molecular weight is 533 g/mol. The zero-order valence-electron chi connectivity index (χ0n) is 22.3. The molecule has 0 unspecified atom stereocenters. The molecule has 3 atom stereocenters. The summed E-state index contributed by atoms with van der Waals surface area (Å²) in [6, 6.07) is 16.2. The smallest absolute Gasteiger partial charge is 0.321 e. The van der Waals surface area contributed by atoms with Crippen LogP contribution in [0.4, 0.5) is 14.9 Å². The third-order valence-corrected chi connectivity index (χ3v) is 6.71. The van der Waals surface area contributed by atoms with E-state index in [9.17, 15) is 19.1 Å². The third kappa shape index (κ3) is 7.00. The van der Waals surface area contributed by atoms with E-state index < -0.39 is 12.1 Å². The number of fused-ring (bicyclic) bond motifs is 1. The van der Waals surface area contributed by atoms with Gasteiger partial charge in [0.2, 0.25) is 5.88 Å². The molecule has 0 fully saturated rings. The van der Waals surface area contributed by atoms with Crippen molar-refractivity contribution in [1.82, 2.24) is 14.8 Å². The number of ether oxygens (including phenoxy) is 1. The van der Waals surface area contributed by atoms with Crippen LogP contribution in [0.25, 0.3) is 12.2 Å². The molecule has 9 heteroatoms. The summed E-state index contributed by atoms with van der Waals surface area (Å²) in [5, 5.41) is 12.6. The van der Waals surface area contributed by atoms with Gasteiger partial charge in [0, 0.05) is 31.4 Å². The van der Waals surface area contributed by atoms with Crippen molar-refractivity contribution in [1.29, 1.82) is 0 Å². The van der Waals surface area contributed by atoms with Crippen LogP contribution in [-0.2, 0) is 0 Å². The highest BCUT2D eigenvalue weighted by Crippen LogP contribution is 2.28. The summed E-state index contributed by atoms with van der Waals surface area (Å²) < 4.78 is 19.5. The molecule has 2 aromatic carbocycles. The molecule has 39 heavy (non-hydrogen) atoms. The van der Waals surface area contributed by atoms with Gasteiger partial charge in [-0.05, 0) is 48.4 Å². The summed E-state index contributed by atoms with van der Waals surface area (Å²) in [6.45, 7) is 4.06. The van der Waals surface area contributed by atoms with Crippen molar-refractivity contribution in [3.63, 3.8) is 0 Å². The average Bonchev–Trinajstić information content (AvgIpc) is 2.95. The van der Waals surface area contributed by atoms with E-state index in [1.165, 1.54) is 29.2 Å². The van der Waals surface area contributed by atoms with Crippen LogP contribution in [0, 0.1) is 11.7 Å². The normalized spacial score (nSPS) is 18.1. The van der Waals surface area contributed by atoms with E-state index in [0.29, 0.717) is 17.8 Å². The van der Waals surface area contributed by atoms with Gasteiger partial charge in [0.15, 0.2) is 0 Å². The number of aromatic nitrogens is 1. The van der Waals surface area contributed by atoms with Gasteiger partial charge < -0.3 is 25.0 Å². The van der Waals surface area contributed by atoms with Gasteiger partial charge in [-0.25, -0.2) is 14.2 Å². The lowest BCUT2D eigenvalue weighted by Crippen LogP contribution is -2.50. The highest BCUT2D eigenvalue weighted by Gasteiger charge is 2.34. The summed E-state index contributed by atoms with van der Waals surface area (Å²) in [5.74, 6) is -0.673. The van der Waals surface area contributed by atoms with E-state index in [2.05, 4.69) is 10.3 Å². The molecule has 2 heterocycles.